The molecule has 2 aromatic carbocycles. The van der Waals surface area contributed by atoms with Gasteiger partial charge in [-0.05, 0) is 61.3 Å². The largest absolute Gasteiger partial charge is 0.348 e. The molecular weight excluding hydrogens is 407 g/mol. The van der Waals surface area contributed by atoms with Gasteiger partial charge in [0.25, 0.3) is 0 Å². The molecule has 1 aliphatic rings. The molecule has 1 amide bonds. The number of benzene rings is 2. The van der Waals surface area contributed by atoms with Crippen LogP contribution in [-0.2, 0) is 4.79 Å². The fraction of sp³-hybridized carbons (Fsp3) is 0.333. The highest BCUT2D eigenvalue weighted by Crippen LogP contribution is 2.25. The van der Waals surface area contributed by atoms with Gasteiger partial charge < -0.3 is 15.5 Å². The monoisotopic (exact) mass is 432 g/mol. The third-order valence-electron chi connectivity index (χ3n) is 4.72. The molecule has 1 heterocycles. The summed E-state index contributed by atoms with van der Waals surface area (Å²) in [7, 11) is 0. The molecule has 154 valence electrons. The third kappa shape index (κ3) is 6.42. The Morgan fingerprint density at radius 2 is 1.83 bits per heavy atom. The zero-order valence-electron chi connectivity index (χ0n) is 16.4. The van der Waals surface area contributed by atoms with Gasteiger partial charge in [-0.3, -0.25) is 9.69 Å². The van der Waals surface area contributed by atoms with Crippen molar-refractivity contribution in [3.05, 3.63) is 54.3 Å². The highest BCUT2D eigenvalue weighted by Gasteiger charge is 2.19. The van der Waals surface area contributed by atoms with E-state index >= 15 is 0 Å². The topological polar surface area (TPSA) is 47.6 Å². The number of hydrogen-bond donors (Lipinski definition) is 2. The lowest BCUT2D eigenvalue weighted by molar-refractivity contribution is -0.117. The number of carbonyl (C=O) groups excluding carboxylic acids is 1. The summed E-state index contributed by atoms with van der Waals surface area (Å²) < 4.78 is 13.0. The molecule has 2 N–H and O–H groups in total. The molecule has 2 aromatic rings. The second-order valence-electron chi connectivity index (χ2n) is 6.80. The molecule has 0 bridgehead atoms. The molecule has 5 nitrogen and oxygen atoms in total. The Kier molecular flexibility index (Phi) is 7.85. The van der Waals surface area contributed by atoms with E-state index in [1.54, 1.807) is 23.9 Å². The zero-order valence-corrected chi connectivity index (χ0v) is 18.0. The maximum atomic E-state index is 13.0. The predicted molar refractivity (Wildman–Crippen MR) is 122 cm³/mol. The van der Waals surface area contributed by atoms with Gasteiger partial charge in [-0.25, -0.2) is 4.39 Å². The average molecular weight is 433 g/mol. The van der Waals surface area contributed by atoms with Crippen LogP contribution in [0.25, 0.3) is 0 Å². The molecule has 0 spiro atoms. The second kappa shape index (κ2) is 10.6. The van der Waals surface area contributed by atoms with Crippen LogP contribution in [0.4, 0.5) is 15.8 Å². The minimum absolute atomic E-state index is 0.0975. The SMILES string of the molecule is CSc1ccccc1NC(=S)N1CCCN(CC(=O)Nc2ccc(F)cc2)CC1. The first kappa shape index (κ1) is 21.5. The van der Waals surface area contributed by atoms with Crippen molar-refractivity contribution in [2.45, 2.75) is 11.3 Å². The van der Waals surface area contributed by atoms with Gasteiger partial charge in [-0.15, -0.1) is 11.8 Å². The van der Waals surface area contributed by atoms with E-state index in [0.29, 0.717) is 17.3 Å². The molecule has 29 heavy (non-hydrogen) atoms. The highest BCUT2D eigenvalue weighted by molar-refractivity contribution is 7.98. The van der Waals surface area contributed by atoms with Crippen molar-refractivity contribution in [1.29, 1.82) is 0 Å². The molecule has 0 aromatic heterocycles. The number of hydrogen-bond acceptors (Lipinski definition) is 4. The van der Waals surface area contributed by atoms with Crippen LogP contribution < -0.4 is 10.6 Å². The molecule has 1 fully saturated rings. The van der Waals surface area contributed by atoms with E-state index < -0.39 is 0 Å². The van der Waals surface area contributed by atoms with Crippen LogP contribution in [0.1, 0.15) is 6.42 Å². The molecule has 1 saturated heterocycles. The average Bonchev–Trinajstić information content (AvgIpc) is 2.95. The molecule has 8 heteroatoms. The lowest BCUT2D eigenvalue weighted by atomic mass is 10.3. The van der Waals surface area contributed by atoms with Gasteiger partial charge >= 0.3 is 0 Å². The van der Waals surface area contributed by atoms with E-state index in [2.05, 4.69) is 26.5 Å². The maximum absolute atomic E-state index is 13.0. The maximum Gasteiger partial charge on any atom is 0.238 e. The first-order valence-corrected chi connectivity index (χ1v) is 11.1. The van der Waals surface area contributed by atoms with Crippen molar-refractivity contribution < 1.29 is 9.18 Å². The van der Waals surface area contributed by atoms with E-state index in [0.717, 1.165) is 43.2 Å². The fourth-order valence-electron chi connectivity index (χ4n) is 3.21. The second-order valence-corrected chi connectivity index (χ2v) is 8.04. The number of anilines is 2. The summed E-state index contributed by atoms with van der Waals surface area (Å²) in [6, 6.07) is 13.9. The van der Waals surface area contributed by atoms with E-state index in [-0.39, 0.29) is 11.7 Å². The smallest absolute Gasteiger partial charge is 0.238 e. The van der Waals surface area contributed by atoms with Crippen LogP contribution in [0.3, 0.4) is 0 Å². The number of rotatable bonds is 5. The molecule has 0 unspecified atom stereocenters. The number of nitrogens with one attached hydrogen (secondary N) is 2. The molecule has 0 radical (unpaired) electrons. The Balaban J connectivity index is 1.49. The normalized spacial score (nSPS) is 14.9. The molecule has 0 aliphatic carbocycles. The van der Waals surface area contributed by atoms with Gasteiger partial charge in [0.05, 0.1) is 12.2 Å². The summed E-state index contributed by atoms with van der Waals surface area (Å²) in [5.74, 6) is -0.417. The van der Waals surface area contributed by atoms with Crippen molar-refractivity contribution in [2.24, 2.45) is 0 Å². The Morgan fingerprint density at radius 3 is 2.59 bits per heavy atom. The van der Waals surface area contributed by atoms with Crippen molar-refractivity contribution in [3.63, 3.8) is 0 Å². The number of carbonyl (C=O) groups is 1. The molecule has 0 saturated carbocycles. The minimum atomic E-state index is -0.319. The summed E-state index contributed by atoms with van der Waals surface area (Å²) in [4.78, 5) is 17.7. The van der Waals surface area contributed by atoms with Gasteiger partial charge in [0.1, 0.15) is 5.82 Å². The van der Waals surface area contributed by atoms with Crippen molar-refractivity contribution in [1.82, 2.24) is 9.80 Å². The van der Waals surface area contributed by atoms with Crippen LogP contribution in [-0.4, -0.2) is 59.8 Å². The molecule has 1 aliphatic heterocycles. The van der Waals surface area contributed by atoms with E-state index in [9.17, 15) is 9.18 Å². The molecule has 3 rings (SSSR count). The van der Waals surface area contributed by atoms with E-state index in [1.807, 2.05) is 24.5 Å². The molecule has 0 atom stereocenters. The van der Waals surface area contributed by atoms with Gasteiger partial charge in [-0.2, -0.15) is 0 Å². The summed E-state index contributed by atoms with van der Waals surface area (Å²) in [5, 5.41) is 6.89. The summed E-state index contributed by atoms with van der Waals surface area (Å²) in [5.41, 5.74) is 1.62. The van der Waals surface area contributed by atoms with E-state index in [4.69, 9.17) is 12.2 Å². The standard InChI is InChI=1S/C21H25FN4OS2/c1-29-19-6-3-2-5-18(19)24-21(28)26-12-4-11-25(13-14-26)15-20(27)23-17-9-7-16(22)8-10-17/h2-3,5-10H,4,11-15H2,1H3,(H,23,27)(H,24,28). The van der Waals surface area contributed by atoms with Crippen LogP contribution in [0.15, 0.2) is 53.4 Å². The number of halogens is 1. The van der Waals surface area contributed by atoms with Crippen molar-refractivity contribution in [3.8, 4) is 0 Å². The summed E-state index contributed by atoms with van der Waals surface area (Å²) >= 11 is 7.31. The lowest BCUT2D eigenvalue weighted by Gasteiger charge is -2.25. The Hall–Kier alpha value is -2.16. The Bertz CT molecular complexity index is 847. The number of thioether (sulfide) groups is 1. The first-order chi connectivity index (χ1) is 14.0. The number of para-hydroxylation sites is 1. The Morgan fingerprint density at radius 1 is 1.07 bits per heavy atom. The van der Waals surface area contributed by atoms with Gasteiger partial charge in [0.2, 0.25) is 5.91 Å². The van der Waals surface area contributed by atoms with Gasteiger partial charge in [0.15, 0.2) is 5.11 Å². The van der Waals surface area contributed by atoms with Crippen molar-refractivity contribution in [2.75, 3.05) is 49.6 Å². The van der Waals surface area contributed by atoms with Crippen LogP contribution in [0.2, 0.25) is 0 Å². The summed E-state index contributed by atoms with van der Waals surface area (Å²) in [6.07, 6.45) is 2.97. The summed E-state index contributed by atoms with van der Waals surface area (Å²) in [6.45, 7) is 3.50. The lowest BCUT2D eigenvalue weighted by Crippen LogP contribution is -2.39. The van der Waals surface area contributed by atoms with Crippen molar-refractivity contribution >= 4 is 46.4 Å². The first-order valence-electron chi connectivity index (χ1n) is 9.52. The van der Waals surface area contributed by atoms with Crippen LogP contribution >= 0.6 is 24.0 Å². The number of nitrogens with zero attached hydrogens (tertiary/aromatic N) is 2. The van der Waals surface area contributed by atoms with Gasteiger partial charge in [-0.1, -0.05) is 12.1 Å². The quantitative estimate of drug-likeness (QED) is 0.552. The van der Waals surface area contributed by atoms with Crippen LogP contribution in [0.5, 0.6) is 0 Å². The number of amides is 1. The minimum Gasteiger partial charge on any atom is -0.348 e. The Labute approximate surface area is 180 Å². The van der Waals surface area contributed by atoms with Gasteiger partial charge in [0, 0.05) is 36.8 Å². The number of thiocarbonyl (C=S) groups is 1. The predicted octanol–water partition coefficient (Wildman–Crippen LogP) is 3.89. The third-order valence-corrected chi connectivity index (χ3v) is 5.88. The molecular formula is C21H25FN4OS2. The fourth-order valence-corrected chi connectivity index (χ4v) is 4.06. The highest BCUT2D eigenvalue weighted by atomic mass is 32.2. The van der Waals surface area contributed by atoms with E-state index in [1.165, 1.54) is 12.1 Å². The van der Waals surface area contributed by atoms with Crippen LogP contribution in [0, 0.1) is 5.82 Å². The zero-order chi connectivity index (χ0) is 20.6.